The lowest BCUT2D eigenvalue weighted by Gasteiger charge is -2.36. The number of anilines is 1. The fraction of sp³-hybridized carbons (Fsp3) is 0.444. The summed E-state index contributed by atoms with van der Waals surface area (Å²) in [5, 5.41) is 23.3. The zero-order chi connectivity index (χ0) is 32.6. The minimum absolute atomic E-state index is 0.00915. The van der Waals surface area contributed by atoms with Gasteiger partial charge < -0.3 is 29.9 Å². The first kappa shape index (κ1) is 34.4. The molecule has 3 aromatic carbocycles. The number of hydrogen-bond acceptors (Lipinski definition) is 6. The minimum Gasteiger partial charge on any atom is -0.497 e. The second-order valence-corrected chi connectivity index (χ2v) is 17.4. The Morgan fingerprint density at radius 3 is 2.24 bits per heavy atom. The summed E-state index contributed by atoms with van der Waals surface area (Å²) in [6.45, 7) is 9.07. The van der Waals surface area contributed by atoms with Gasteiger partial charge in [0, 0.05) is 18.8 Å². The molecule has 1 heterocycles. The Kier molecular flexibility index (Phi) is 12.0. The van der Waals surface area contributed by atoms with E-state index >= 15 is 0 Å². The van der Waals surface area contributed by atoms with E-state index in [1.165, 1.54) is 12.1 Å². The molecular weight excluding hydrogens is 584 g/mol. The van der Waals surface area contributed by atoms with Gasteiger partial charge in [-0.3, -0.25) is 9.59 Å². The number of rotatable bonds is 14. The number of carbonyl (C=O) groups is 2. The quantitative estimate of drug-likeness (QED) is 0.222. The molecule has 5 atom stereocenters. The molecule has 4 rings (SSSR count). The van der Waals surface area contributed by atoms with E-state index in [0.29, 0.717) is 12.2 Å². The highest BCUT2D eigenvalue weighted by atomic mass is 28.3. The van der Waals surface area contributed by atoms with Crippen LogP contribution in [0.4, 0.5) is 5.69 Å². The van der Waals surface area contributed by atoms with Crippen molar-refractivity contribution in [3.8, 4) is 5.75 Å². The van der Waals surface area contributed by atoms with Gasteiger partial charge >= 0.3 is 0 Å². The van der Waals surface area contributed by atoms with Crippen LogP contribution in [0.3, 0.4) is 0 Å². The number of aryl methyl sites for hydroxylation is 1. The van der Waals surface area contributed by atoms with Crippen molar-refractivity contribution in [3.05, 3.63) is 90.0 Å². The number of nitrogens with one attached hydrogen (secondary N) is 1. The average Bonchev–Trinajstić information content (AvgIpc) is 3.35. The third-order valence-corrected chi connectivity index (χ3v) is 13.6. The molecule has 3 N–H and O–H groups in total. The highest BCUT2D eigenvalue weighted by molar-refractivity contribution is 6.91. The summed E-state index contributed by atoms with van der Waals surface area (Å²) >= 11 is 0. The van der Waals surface area contributed by atoms with Crippen LogP contribution in [0.2, 0.25) is 18.6 Å². The molecule has 0 aliphatic carbocycles. The lowest BCUT2D eigenvalue weighted by molar-refractivity contribution is -0.135. The first-order valence-corrected chi connectivity index (χ1v) is 18.9. The number of nitrogens with zero attached hydrogens (tertiary/aromatic N) is 1. The molecule has 0 aromatic heterocycles. The first-order chi connectivity index (χ1) is 21.5. The highest BCUT2D eigenvalue weighted by Crippen LogP contribution is 2.46. The van der Waals surface area contributed by atoms with Crippen molar-refractivity contribution < 1.29 is 29.3 Å². The van der Waals surface area contributed by atoms with Gasteiger partial charge in [0.2, 0.25) is 5.91 Å². The van der Waals surface area contributed by atoms with Crippen LogP contribution in [0.15, 0.2) is 78.9 Å². The second kappa shape index (κ2) is 15.7. The number of carbonyl (C=O) groups excluding carboxylic acids is 2. The maximum Gasteiger partial charge on any atom is 0.252 e. The molecule has 1 fully saturated rings. The second-order valence-electron chi connectivity index (χ2n) is 12.7. The standard InChI is InChI=1S/C36H48N2O6Si/c1-25-32(20-13-27-11-14-29(15-12-27)37-36(42)26(2)40)44-33(35(25)45(4,5)31-18-16-30(43-3)17-19-31)23-34(41)38(21-22-39)24-28-9-7-6-8-10-28/h6-12,14-19,25-26,32-33,35,39-40H,13,20-24H2,1-5H3,(H,37,42)/t25-,26-,32+,33-,35+/m0/s1. The van der Waals surface area contributed by atoms with E-state index in [4.69, 9.17) is 9.47 Å². The molecule has 9 heteroatoms. The van der Waals surface area contributed by atoms with Crippen molar-refractivity contribution in [3.63, 3.8) is 0 Å². The molecule has 0 saturated carbocycles. The Hall–Kier alpha value is -3.50. The fourth-order valence-corrected chi connectivity index (χ4v) is 10.7. The molecule has 3 aromatic rings. The Balaban J connectivity index is 1.53. The molecule has 1 aliphatic heterocycles. The van der Waals surface area contributed by atoms with Crippen molar-refractivity contribution in [2.45, 2.75) is 76.6 Å². The molecule has 0 spiro atoms. The Bertz CT molecular complexity index is 1380. The van der Waals surface area contributed by atoms with Gasteiger partial charge in [0.25, 0.3) is 5.91 Å². The molecule has 0 unspecified atom stereocenters. The fourth-order valence-electron chi connectivity index (χ4n) is 6.67. The molecular formula is C36H48N2O6Si. The molecule has 1 aliphatic rings. The van der Waals surface area contributed by atoms with Gasteiger partial charge in [-0.05, 0) is 66.6 Å². The molecule has 0 radical (unpaired) electrons. The van der Waals surface area contributed by atoms with Gasteiger partial charge in [0.1, 0.15) is 11.9 Å². The van der Waals surface area contributed by atoms with Crippen molar-refractivity contribution >= 4 is 30.8 Å². The van der Waals surface area contributed by atoms with Crippen LogP contribution in [0.1, 0.15) is 37.8 Å². The topological polar surface area (TPSA) is 108 Å². The monoisotopic (exact) mass is 632 g/mol. The van der Waals surface area contributed by atoms with Crippen LogP contribution in [0.25, 0.3) is 0 Å². The molecule has 1 saturated heterocycles. The van der Waals surface area contributed by atoms with Crippen molar-refractivity contribution in [2.75, 3.05) is 25.6 Å². The third-order valence-electron chi connectivity index (χ3n) is 9.20. The van der Waals surface area contributed by atoms with Gasteiger partial charge in [-0.1, -0.05) is 79.8 Å². The molecule has 45 heavy (non-hydrogen) atoms. The van der Waals surface area contributed by atoms with E-state index in [-0.39, 0.29) is 49.1 Å². The Labute approximate surface area is 268 Å². The van der Waals surface area contributed by atoms with Crippen LogP contribution >= 0.6 is 0 Å². The summed E-state index contributed by atoms with van der Waals surface area (Å²) in [6.07, 6.45) is 0.534. The van der Waals surface area contributed by atoms with E-state index in [2.05, 4.69) is 37.5 Å². The largest absolute Gasteiger partial charge is 0.497 e. The van der Waals surface area contributed by atoms with Gasteiger partial charge in [0.05, 0.1) is 40.4 Å². The smallest absolute Gasteiger partial charge is 0.252 e. The summed E-state index contributed by atoms with van der Waals surface area (Å²) in [4.78, 5) is 27.4. The summed E-state index contributed by atoms with van der Waals surface area (Å²) in [5.41, 5.74) is 2.99. The van der Waals surface area contributed by atoms with E-state index in [1.54, 1.807) is 12.0 Å². The normalized spacial score (nSPS) is 20.4. The first-order valence-electron chi connectivity index (χ1n) is 15.8. The van der Waals surface area contributed by atoms with Crippen LogP contribution in [-0.4, -0.2) is 73.6 Å². The van der Waals surface area contributed by atoms with Crippen molar-refractivity contribution in [1.82, 2.24) is 4.90 Å². The SMILES string of the molecule is COc1ccc([Si](C)(C)[C@@H]2[C@@H](C)[C@@H](CCc3ccc(NC(=O)[C@H](C)O)cc3)O[C@H]2CC(=O)N(CCO)Cc2ccccc2)cc1. The van der Waals surface area contributed by atoms with Crippen LogP contribution in [0.5, 0.6) is 5.75 Å². The highest BCUT2D eigenvalue weighted by Gasteiger charge is 2.51. The number of amides is 2. The summed E-state index contributed by atoms with van der Waals surface area (Å²) < 4.78 is 12.2. The minimum atomic E-state index is -2.15. The maximum absolute atomic E-state index is 13.8. The van der Waals surface area contributed by atoms with Gasteiger partial charge in [-0.2, -0.15) is 0 Å². The summed E-state index contributed by atoms with van der Waals surface area (Å²) in [6, 6.07) is 25.9. The maximum atomic E-state index is 13.8. The number of benzene rings is 3. The van der Waals surface area contributed by atoms with Crippen LogP contribution in [0, 0.1) is 5.92 Å². The van der Waals surface area contributed by atoms with Gasteiger partial charge in [-0.25, -0.2) is 0 Å². The molecule has 242 valence electrons. The number of aliphatic hydroxyl groups is 2. The Morgan fingerprint density at radius 2 is 1.64 bits per heavy atom. The molecule has 0 bridgehead atoms. The zero-order valence-electron chi connectivity index (χ0n) is 27.1. The van der Waals surface area contributed by atoms with Gasteiger partial charge in [-0.15, -0.1) is 0 Å². The van der Waals surface area contributed by atoms with E-state index in [0.717, 1.165) is 29.7 Å². The lowest BCUT2D eigenvalue weighted by atomic mass is 9.95. The predicted octanol–water partition coefficient (Wildman–Crippen LogP) is 4.75. The van der Waals surface area contributed by atoms with E-state index < -0.39 is 20.1 Å². The predicted molar refractivity (Wildman–Crippen MR) is 180 cm³/mol. The van der Waals surface area contributed by atoms with Crippen LogP contribution in [-0.2, 0) is 27.3 Å². The number of aliphatic hydroxyl groups excluding tert-OH is 2. The summed E-state index contributed by atoms with van der Waals surface area (Å²) in [7, 11) is -0.476. The van der Waals surface area contributed by atoms with Gasteiger partial charge in [0.15, 0.2) is 0 Å². The average molecular weight is 633 g/mol. The molecule has 2 amide bonds. The van der Waals surface area contributed by atoms with E-state index in [1.807, 2.05) is 66.7 Å². The number of hydrogen-bond donors (Lipinski definition) is 3. The molecule has 8 nitrogen and oxygen atoms in total. The summed E-state index contributed by atoms with van der Waals surface area (Å²) in [5.74, 6) is 0.607. The lowest BCUT2D eigenvalue weighted by Crippen LogP contribution is -2.51. The Morgan fingerprint density at radius 1 is 0.978 bits per heavy atom. The van der Waals surface area contributed by atoms with Crippen LogP contribution < -0.4 is 15.2 Å². The third kappa shape index (κ3) is 8.82. The number of methoxy groups -OCH3 is 1. The zero-order valence-corrected chi connectivity index (χ0v) is 28.1. The van der Waals surface area contributed by atoms with Crippen molar-refractivity contribution in [1.29, 1.82) is 0 Å². The number of ether oxygens (including phenoxy) is 2. The van der Waals surface area contributed by atoms with Crippen molar-refractivity contribution in [2.24, 2.45) is 5.92 Å². The van der Waals surface area contributed by atoms with E-state index in [9.17, 15) is 19.8 Å².